The maximum atomic E-state index is 5.59. The Hall–Kier alpha value is -1.46. The Kier molecular flexibility index (Phi) is 4.17. The lowest BCUT2D eigenvalue weighted by Gasteiger charge is -2.15. The third-order valence-corrected chi connectivity index (χ3v) is 3.66. The second-order valence-electron chi connectivity index (χ2n) is 4.67. The number of nitrogen functional groups attached to an aromatic ring is 1. The molecule has 1 aromatic carbocycles. The Morgan fingerprint density at radius 3 is 2.47 bits per heavy atom. The summed E-state index contributed by atoms with van der Waals surface area (Å²) in [5, 5.41) is 0. The van der Waals surface area contributed by atoms with Gasteiger partial charge in [0, 0.05) is 21.3 Å². The normalized spacial score (nSPS) is 10.8. The first-order valence-corrected chi connectivity index (χ1v) is 6.94. The summed E-state index contributed by atoms with van der Waals surface area (Å²) in [6, 6.07) is 7.88. The fourth-order valence-corrected chi connectivity index (χ4v) is 2.61. The summed E-state index contributed by atoms with van der Waals surface area (Å²) in [5.74, 6) is 7.27. The minimum absolute atomic E-state index is 0.319. The van der Waals surface area contributed by atoms with Gasteiger partial charge in [0.15, 0.2) is 5.82 Å². The van der Waals surface area contributed by atoms with Crippen molar-refractivity contribution in [1.82, 2.24) is 9.97 Å². The number of nitrogens with one attached hydrogen (secondary N) is 1. The number of rotatable bonds is 3. The predicted octanol–water partition coefficient (Wildman–Crippen LogP) is 3.62. The quantitative estimate of drug-likeness (QED) is 0.669. The largest absolute Gasteiger partial charge is 0.308 e. The second kappa shape index (κ2) is 5.67. The van der Waals surface area contributed by atoms with Crippen LogP contribution in [0.25, 0.3) is 11.4 Å². The molecule has 0 unspecified atom stereocenters. The lowest BCUT2D eigenvalue weighted by molar-refractivity contribution is 0.831. The van der Waals surface area contributed by atoms with E-state index in [0.29, 0.717) is 17.6 Å². The highest BCUT2D eigenvalue weighted by Gasteiger charge is 2.15. The van der Waals surface area contributed by atoms with Crippen LogP contribution in [0.4, 0.5) is 5.82 Å². The number of hydrazine groups is 1. The van der Waals surface area contributed by atoms with E-state index in [4.69, 9.17) is 5.84 Å². The van der Waals surface area contributed by atoms with Gasteiger partial charge in [0.2, 0.25) is 0 Å². The molecule has 0 bridgehead atoms. The van der Waals surface area contributed by atoms with E-state index in [-0.39, 0.29) is 0 Å². The molecule has 0 saturated heterocycles. The maximum Gasteiger partial charge on any atom is 0.162 e. The van der Waals surface area contributed by atoms with Gasteiger partial charge in [-0.2, -0.15) is 0 Å². The monoisotopic (exact) mass is 320 g/mol. The first-order valence-electron chi connectivity index (χ1n) is 6.14. The van der Waals surface area contributed by atoms with Crippen molar-refractivity contribution in [3.05, 3.63) is 40.0 Å². The van der Waals surface area contributed by atoms with Crippen molar-refractivity contribution in [2.24, 2.45) is 5.84 Å². The van der Waals surface area contributed by atoms with Crippen LogP contribution < -0.4 is 11.3 Å². The summed E-state index contributed by atoms with van der Waals surface area (Å²) in [6.07, 6.45) is 0. The van der Waals surface area contributed by atoms with Crippen LogP contribution in [0, 0.1) is 6.92 Å². The average Bonchev–Trinajstić information content (AvgIpc) is 2.37. The van der Waals surface area contributed by atoms with Gasteiger partial charge >= 0.3 is 0 Å². The second-order valence-corrected chi connectivity index (χ2v) is 5.53. The van der Waals surface area contributed by atoms with E-state index in [1.165, 1.54) is 0 Å². The van der Waals surface area contributed by atoms with Crippen molar-refractivity contribution in [3.63, 3.8) is 0 Å². The molecule has 1 aromatic heterocycles. The Balaban J connectivity index is 2.62. The van der Waals surface area contributed by atoms with E-state index >= 15 is 0 Å². The van der Waals surface area contributed by atoms with Crippen molar-refractivity contribution in [2.75, 3.05) is 5.43 Å². The van der Waals surface area contributed by atoms with Crippen molar-refractivity contribution in [2.45, 2.75) is 26.7 Å². The van der Waals surface area contributed by atoms with Crippen LogP contribution in [-0.4, -0.2) is 9.97 Å². The zero-order chi connectivity index (χ0) is 14.0. The summed E-state index contributed by atoms with van der Waals surface area (Å²) < 4.78 is 0.967. The molecule has 0 aliphatic rings. The Labute approximate surface area is 121 Å². The molecule has 3 N–H and O–H groups in total. The van der Waals surface area contributed by atoms with Crippen LogP contribution in [0.1, 0.15) is 31.0 Å². The summed E-state index contributed by atoms with van der Waals surface area (Å²) >= 11 is 3.52. The molecule has 0 amide bonds. The SMILES string of the molecule is Cc1nc(-c2ccccc2Br)nc(NN)c1C(C)C. The predicted molar refractivity (Wildman–Crippen MR) is 81.8 cm³/mol. The van der Waals surface area contributed by atoms with E-state index in [9.17, 15) is 0 Å². The van der Waals surface area contributed by atoms with E-state index < -0.39 is 0 Å². The smallest absolute Gasteiger partial charge is 0.162 e. The number of aromatic nitrogens is 2. The van der Waals surface area contributed by atoms with Crippen molar-refractivity contribution in [1.29, 1.82) is 0 Å². The number of nitrogens with two attached hydrogens (primary N) is 1. The molecule has 0 aliphatic carbocycles. The highest BCUT2D eigenvalue weighted by molar-refractivity contribution is 9.10. The Morgan fingerprint density at radius 1 is 1.21 bits per heavy atom. The van der Waals surface area contributed by atoms with Crippen LogP contribution in [0.15, 0.2) is 28.7 Å². The van der Waals surface area contributed by atoms with Crippen molar-refractivity contribution in [3.8, 4) is 11.4 Å². The fourth-order valence-electron chi connectivity index (χ4n) is 2.15. The zero-order valence-electron chi connectivity index (χ0n) is 11.2. The average molecular weight is 321 g/mol. The maximum absolute atomic E-state index is 5.59. The topological polar surface area (TPSA) is 63.8 Å². The third kappa shape index (κ3) is 2.77. The molecule has 100 valence electrons. The summed E-state index contributed by atoms with van der Waals surface area (Å²) in [4.78, 5) is 9.12. The molecule has 2 aromatic rings. The van der Waals surface area contributed by atoms with Gasteiger partial charge in [-0.15, -0.1) is 0 Å². The Morgan fingerprint density at radius 2 is 1.89 bits per heavy atom. The van der Waals surface area contributed by atoms with Gasteiger partial charge in [-0.25, -0.2) is 15.8 Å². The molecular weight excluding hydrogens is 304 g/mol. The molecule has 0 saturated carbocycles. The van der Waals surface area contributed by atoms with E-state index in [0.717, 1.165) is 21.3 Å². The first kappa shape index (κ1) is 14.0. The number of nitrogens with zero attached hydrogens (tertiary/aromatic N) is 2. The minimum atomic E-state index is 0.319. The van der Waals surface area contributed by atoms with Crippen LogP contribution in [0.5, 0.6) is 0 Å². The molecule has 2 rings (SSSR count). The van der Waals surface area contributed by atoms with Gasteiger partial charge in [-0.1, -0.05) is 48.0 Å². The molecule has 1 heterocycles. The summed E-state index contributed by atoms with van der Waals surface area (Å²) in [7, 11) is 0. The standard InChI is InChI=1S/C14H17BrN4/c1-8(2)12-9(3)17-13(18-14(12)19-16)10-6-4-5-7-11(10)15/h4-8H,16H2,1-3H3,(H,17,18,19). The first-order chi connectivity index (χ1) is 9.04. The molecule has 0 fully saturated rings. The van der Waals surface area contributed by atoms with Crippen LogP contribution in [-0.2, 0) is 0 Å². The van der Waals surface area contributed by atoms with Crippen LogP contribution in [0.3, 0.4) is 0 Å². The zero-order valence-corrected chi connectivity index (χ0v) is 12.8. The third-order valence-electron chi connectivity index (χ3n) is 2.97. The molecule has 0 atom stereocenters. The van der Waals surface area contributed by atoms with Gasteiger partial charge in [-0.3, -0.25) is 0 Å². The van der Waals surface area contributed by atoms with Gasteiger partial charge in [-0.05, 0) is 18.9 Å². The molecule has 4 nitrogen and oxygen atoms in total. The lowest BCUT2D eigenvalue weighted by atomic mass is 10.0. The van der Waals surface area contributed by atoms with Gasteiger partial charge in [0.25, 0.3) is 0 Å². The molecule has 5 heteroatoms. The van der Waals surface area contributed by atoms with Gasteiger partial charge in [0.05, 0.1) is 0 Å². The highest BCUT2D eigenvalue weighted by atomic mass is 79.9. The summed E-state index contributed by atoms with van der Waals surface area (Å²) in [5.41, 5.74) is 5.64. The molecule has 19 heavy (non-hydrogen) atoms. The van der Waals surface area contributed by atoms with Crippen molar-refractivity contribution < 1.29 is 0 Å². The van der Waals surface area contributed by atoms with E-state index in [1.54, 1.807) is 0 Å². The van der Waals surface area contributed by atoms with Crippen LogP contribution >= 0.6 is 15.9 Å². The van der Waals surface area contributed by atoms with Gasteiger partial charge < -0.3 is 5.43 Å². The number of aryl methyl sites for hydroxylation is 1. The number of anilines is 1. The van der Waals surface area contributed by atoms with Crippen molar-refractivity contribution >= 4 is 21.7 Å². The minimum Gasteiger partial charge on any atom is -0.308 e. The number of hydrogen-bond acceptors (Lipinski definition) is 4. The van der Waals surface area contributed by atoms with E-state index in [2.05, 4.69) is 45.2 Å². The van der Waals surface area contributed by atoms with Gasteiger partial charge in [0.1, 0.15) is 5.82 Å². The number of halogens is 1. The van der Waals surface area contributed by atoms with E-state index in [1.807, 2.05) is 31.2 Å². The number of hydrogen-bond donors (Lipinski definition) is 2. The molecular formula is C14H17BrN4. The fraction of sp³-hybridized carbons (Fsp3) is 0.286. The lowest BCUT2D eigenvalue weighted by Crippen LogP contribution is -2.14. The summed E-state index contributed by atoms with van der Waals surface area (Å²) in [6.45, 7) is 6.19. The molecule has 0 radical (unpaired) electrons. The van der Waals surface area contributed by atoms with Crippen LogP contribution in [0.2, 0.25) is 0 Å². The number of benzene rings is 1. The molecule has 0 spiro atoms. The molecule has 0 aliphatic heterocycles. The Bertz CT molecular complexity index is 596. The highest BCUT2D eigenvalue weighted by Crippen LogP contribution is 2.30.